The minimum Gasteiger partial charge on any atom is -0.313 e. The monoisotopic (exact) mass is 294 g/mol. The lowest BCUT2D eigenvalue weighted by atomic mass is 9.93. The van der Waals surface area contributed by atoms with Gasteiger partial charge in [-0.25, -0.2) is 0 Å². The number of nitrogens with one attached hydrogen (secondary N) is 2. The quantitative estimate of drug-likeness (QED) is 0.219. The Balaban J connectivity index is 3.28. The molecular formula is C19H38N2. The standard InChI is InChI=1S/C19H38N2/c1-2-3-4-5-6-7-8-9-10-11-12-14-19(16-18-21)15-13-17-20/h17-21H,2-16H2,1H3. The zero-order valence-electron chi connectivity index (χ0n) is 14.3. The highest BCUT2D eigenvalue weighted by Crippen LogP contribution is 2.19. The molecule has 0 rings (SSSR count). The highest BCUT2D eigenvalue weighted by molar-refractivity contribution is 5.54. The molecule has 0 heterocycles. The maximum atomic E-state index is 7.24. The van der Waals surface area contributed by atoms with Gasteiger partial charge in [-0.1, -0.05) is 84.0 Å². The van der Waals surface area contributed by atoms with Crippen molar-refractivity contribution in [3.8, 4) is 0 Å². The molecule has 0 aromatic carbocycles. The Hall–Kier alpha value is -0.660. The fourth-order valence-electron chi connectivity index (χ4n) is 2.96. The highest BCUT2D eigenvalue weighted by Gasteiger charge is 2.06. The van der Waals surface area contributed by atoms with Crippen LogP contribution in [0.3, 0.4) is 0 Å². The molecule has 0 fully saturated rings. The Morgan fingerprint density at radius 2 is 1.19 bits per heavy atom. The molecule has 0 bridgehead atoms. The van der Waals surface area contributed by atoms with E-state index in [0.29, 0.717) is 5.92 Å². The number of unbranched alkanes of at least 4 members (excludes halogenated alkanes) is 10. The van der Waals surface area contributed by atoms with Gasteiger partial charge in [0, 0.05) is 0 Å². The zero-order chi connectivity index (χ0) is 15.6. The Kier molecular flexibility index (Phi) is 16.8. The SMILES string of the molecule is CCCCCCCCCCCCCC(CC=N)CCC=N. The molecule has 124 valence electrons. The van der Waals surface area contributed by atoms with Gasteiger partial charge in [0.15, 0.2) is 0 Å². The van der Waals surface area contributed by atoms with Crippen LogP contribution in [-0.2, 0) is 0 Å². The van der Waals surface area contributed by atoms with Gasteiger partial charge in [0.05, 0.1) is 0 Å². The lowest BCUT2D eigenvalue weighted by molar-refractivity contribution is 0.443. The van der Waals surface area contributed by atoms with E-state index in [0.717, 1.165) is 19.3 Å². The first-order valence-corrected chi connectivity index (χ1v) is 9.33. The molecule has 21 heavy (non-hydrogen) atoms. The van der Waals surface area contributed by atoms with Crippen molar-refractivity contribution in [1.29, 1.82) is 10.8 Å². The van der Waals surface area contributed by atoms with Crippen LogP contribution in [0.1, 0.15) is 103 Å². The van der Waals surface area contributed by atoms with E-state index in [1.54, 1.807) is 6.21 Å². The molecule has 0 amide bonds. The largest absolute Gasteiger partial charge is 0.313 e. The third-order valence-electron chi connectivity index (χ3n) is 4.39. The molecule has 0 aliphatic heterocycles. The molecule has 0 radical (unpaired) electrons. The molecule has 0 spiro atoms. The van der Waals surface area contributed by atoms with Crippen LogP contribution in [0.25, 0.3) is 0 Å². The molecule has 0 aromatic rings. The molecule has 0 aromatic heterocycles. The molecule has 2 N–H and O–H groups in total. The van der Waals surface area contributed by atoms with Gasteiger partial charge in [-0.05, 0) is 37.6 Å². The summed E-state index contributed by atoms with van der Waals surface area (Å²) in [5.41, 5.74) is 0. The summed E-state index contributed by atoms with van der Waals surface area (Å²) in [7, 11) is 0. The van der Waals surface area contributed by atoms with Crippen molar-refractivity contribution in [3.63, 3.8) is 0 Å². The molecule has 2 heteroatoms. The van der Waals surface area contributed by atoms with Crippen molar-refractivity contribution >= 4 is 12.4 Å². The second kappa shape index (κ2) is 17.4. The van der Waals surface area contributed by atoms with Crippen LogP contribution in [-0.4, -0.2) is 12.4 Å². The molecule has 1 unspecified atom stereocenters. The molecule has 0 saturated carbocycles. The topological polar surface area (TPSA) is 47.7 Å². The van der Waals surface area contributed by atoms with Crippen LogP contribution in [0, 0.1) is 16.7 Å². The molecule has 0 aliphatic rings. The van der Waals surface area contributed by atoms with Gasteiger partial charge in [-0.3, -0.25) is 0 Å². The van der Waals surface area contributed by atoms with Crippen LogP contribution in [0.4, 0.5) is 0 Å². The van der Waals surface area contributed by atoms with Gasteiger partial charge < -0.3 is 10.8 Å². The average molecular weight is 295 g/mol. The summed E-state index contributed by atoms with van der Waals surface area (Å²) in [6, 6.07) is 0. The summed E-state index contributed by atoms with van der Waals surface area (Å²) >= 11 is 0. The van der Waals surface area contributed by atoms with Crippen LogP contribution >= 0.6 is 0 Å². The number of hydrogen-bond acceptors (Lipinski definition) is 2. The fourth-order valence-corrected chi connectivity index (χ4v) is 2.96. The van der Waals surface area contributed by atoms with E-state index in [-0.39, 0.29) is 0 Å². The van der Waals surface area contributed by atoms with E-state index in [9.17, 15) is 0 Å². The smallest absolute Gasteiger partial charge is 0.00450 e. The first kappa shape index (κ1) is 20.3. The van der Waals surface area contributed by atoms with Crippen molar-refractivity contribution in [2.75, 3.05) is 0 Å². The first-order valence-electron chi connectivity index (χ1n) is 9.33. The van der Waals surface area contributed by atoms with Gasteiger partial charge in [0.2, 0.25) is 0 Å². The maximum absolute atomic E-state index is 7.24. The third-order valence-corrected chi connectivity index (χ3v) is 4.39. The van der Waals surface area contributed by atoms with Crippen molar-refractivity contribution in [2.45, 2.75) is 103 Å². The summed E-state index contributed by atoms with van der Waals surface area (Å²) < 4.78 is 0. The van der Waals surface area contributed by atoms with Crippen molar-refractivity contribution < 1.29 is 0 Å². The summed E-state index contributed by atoms with van der Waals surface area (Å²) in [5, 5.41) is 14.3. The molecule has 1 atom stereocenters. The average Bonchev–Trinajstić information content (AvgIpc) is 2.50. The van der Waals surface area contributed by atoms with E-state index < -0.39 is 0 Å². The lowest BCUT2D eigenvalue weighted by Gasteiger charge is -2.13. The third kappa shape index (κ3) is 15.5. The Labute approximate surface area is 133 Å². The Morgan fingerprint density at radius 3 is 1.67 bits per heavy atom. The van der Waals surface area contributed by atoms with Crippen molar-refractivity contribution in [3.05, 3.63) is 0 Å². The molecule has 2 nitrogen and oxygen atoms in total. The lowest BCUT2D eigenvalue weighted by Crippen LogP contribution is -2.01. The van der Waals surface area contributed by atoms with Crippen LogP contribution in [0.15, 0.2) is 0 Å². The van der Waals surface area contributed by atoms with Crippen molar-refractivity contribution in [2.24, 2.45) is 5.92 Å². The molecule has 0 saturated heterocycles. The second-order valence-electron chi connectivity index (χ2n) is 6.41. The molecular weight excluding hydrogens is 256 g/mol. The summed E-state index contributed by atoms with van der Waals surface area (Å²) in [6.07, 6.45) is 22.6. The summed E-state index contributed by atoms with van der Waals surface area (Å²) in [6.45, 7) is 2.28. The maximum Gasteiger partial charge on any atom is -0.00450 e. The van der Waals surface area contributed by atoms with Gasteiger partial charge in [0.1, 0.15) is 0 Å². The normalized spacial score (nSPS) is 12.2. The van der Waals surface area contributed by atoms with E-state index in [2.05, 4.69) is 6.92 Å². The van der Waals surface area contributed by atoms with Gasteiger partial charge in [0.25, 0.3) is 0 Å². The minimum atomic E-state index is 0.641. The van der Waals surface area contributed by atoms with Gasteiger partial charge >= 0.3 is 0 Å². The zero-order valence-corrected chi connectivity index (χ0v) is 14.3. The predicted octanol–water partition coefficient (Wildman–Crippen LogP) is 6.77. The minimum absolute atomic E-state index is 0.641. The van der Waals surface area contributed by atoms with Crippen LogP contribution in [0.5, 0.6) is 0 Å². The van der Waals surface area contributed by atoms with Crippen LogP contribution < -0.4 is 0 Å². The van der Waals surface area contributed by atoms with Gasteiger partial charge in [-0.2, -0.15) is 0 Å². The van der Waals surface area contributed by atoms with E-state index in [4.69, 9.17) is 10.8 Å². The first-order chi connectivity index (χ1) is 10.3. The van der Waals surface area contributed by atoms with Crippen molar-refractivity contribution in [1.82, 2.24) is 0 Å². The van der Waals surface area contributed by atoms with E-state index in [1.807, 2.05) is 0 Å². The summed E-state index contributed by atoms with van der Waals surface area (Å²) in [5.74, 6) is 0.641. The molecule has 0 aliphatic carbocycles. The fraction of sp³-hybridized carbons (Fsp3) is 0.895. The summed E-state index contributed by atoms with van der Waals surface area (Å²) in [4.78, 5) is 0. The number of rotatable bonds is 17. The van der Waals surface area contributed by atoms with Gasteiger partial charge in [-0.15, -0.1) is 0 Å². The Morgan fingerprint density at radius 1 is 0.667 bits per heavy atom. The Bertz CT molecular complexity index is 226. The highest BCUT2D eigenvalue weighted by atomic mass is 14.3. The van der Waals surface area contributed by atoms with E-state index >= 15 is 0 Å². The van der Waals surface area contributed by atoms with E-state index in [1.165, 1.54) is 83.3 Å². The number of hydrogen-bond donors (Lipinski definition) is 2. The second-order valence-corrected chi connectivity index (χ2v) is 6.41. The predicted molar refractivity (Wildman–Crippen MR) is 96.0 cm³/mol. The van der Waals surface area contributed by atoms with Crippen LogP contribution in [0.2, 0.25) is 0 Å².